The lowest BCUT2D eigenvalue weighted by molar-refractivity contribution is -0.141. The molecule has 0 unspecified atom stereocenters. The number of nitrogens with zero attached hydrogens (tertiary/aromatic N) is 2. The van der Waals surface area contributed by atoms with E-state index < -0.39 is 12.0 Å². The highest BCUT2D eigenvalue weighted by Crippen LogP contribution is 2.02. The Morgan fingerprint density at radius 2 is 1.95 bits per heavy atom. The number of aliphatic carboxylic acids is 1. The quantitative estimate of drug-likeness (QED) is 0.552. The first-order valence-electron chi connectivity index (χ1n) is 6.57. The van der Waals surface area contributed by atoms with Crippen molar-refractivity contribution in [3.8, 4) is 0 Å². The molecule has 0 spiro atoms. The molecule has 0 aliphatic carbocycles. The minimum atomic E-state index is -1.04. The van der Waals surface area contributed by atoms with Crippen molar-refractivity contribution in [2.75, 3.05) is 45.5 Å². The lowest BCUT2D eigenvalue weighted by Crippen LogP contribution is -2.45. The fraction of sp³-hybridized carbons (Fsp3) is 0.833. The topological polar surface area (TPSA) is 72.9 Å². The van der Waals surface area contributed by atoms with Gasteiger partial charge in [0.25, 0.3) is 0 Å². The van der Waals surface area contributed by atoms with Crippen LogP contribution in [0.2, 0.25) is 0 Å². The SMILES string of the molecule is CN1CCN(CCCC(=O)N[C@@H](CS)C(=O)O)CC1. The van der Waals surface area contributed by atoms with Gasteiger partial charge in [0.1, 0.15) is 6.04 Å². The van der Waals surface area contributed by atoms with Gasteiger partial charge in [0.15, 0.2) is 0 Å². The highest BCUT2D eigenvalue weighted by molar-refractivity contribution is 7.80. The third kappa shape index (κ3) is 6.26. The van der Waals surface area contributed by atoms with Crippen molar-refractivity contribution in [3.05, 3.63) is 0 Å². The number of hydrogen-bond donors (Lipinski definition) is 3. The van der Waals surface area contributed by atoms with Crippen LogP contribution in [0.3, 0.4) is 0 Å². The van der Waals surface area contributed by atoms with E-state index in [1.807, 2.05) is 0 Å². The van der Waals surface area contributed by atoms with E-state index in [1.165, 1.54) is 0 Å². The van der Waals surface area contributed by atoms with E-state index in [0.717, 1.165) is 39.1 Å². The first kappa shape index (κ1) is 16.3. The lowest BCUT2D eigenvalue weighted by atomic mass is 10.2. The Labute approximate surface area is 119 Å². The number of hydrogen-bond acceptors (Lipinski definition) is 5. The summed E-state index contributed by atoms with van der Waals surface area (Å²) in [5.41, 5.74) is 0. The highest BCUT2D eigenvalue weighted by atomic mass is 32.1. The maximum Gasteiger partial charge on any atom is 0.327 e. The van der Waals surface area contributed by atoms with E-state index in [-0.39, 0.29) is 11.7 Å². The minimum Gasteiger partial charge on any atom is -0.480 e. The molecule has 110 valence electrons. The number of rotatable bonds is 7. The molecular formula is C12H23N3O3S. The molecule has 19 heavy (non-hydrogen) atoms. The normalized spacial score (nSPS) is 19.1. The maximum absolute atomic E-state index is 11.6. The van der Waals surface area contributed by atoms with Crippen LogP contribution < -0.4 is 5.32 Å². The number of amides is 1. The fourth-order valence-electron chi connectivity index (χ4n) is 1.99. The average Bonchev–Trinajstić information content (AvgIpc) is 2.38. The first-order valence-corrected chi connectivity index (χ1v) is 7.20. The van der Waals surface area contributed by atoms with Crippen LogP contribution in [0.25, 0.3) is 0 Å². The smallest absolute Gasteiger partial charge is 0.327 e. The van der Waals surface area contributed by atoms with Gasteiger partial charge in [-0.2, -0.15) is 12.6 Å². The summed E-state index contributed by atoms with van der Waals surface area (Å²) >= 11 is 3.90. The molecule has 1 fully saturated rings. The second kappa shape index (κ2) is 8.39. The van der Waals surface area contributed by atoms with E-state index in [1.54, 1.807) is 0 Å². The molecule has 1 rings (SSSR count). The van der Waals surface area contributed by atoms with Crippen LogP contribution in [0.4, 0.5) is 0 Å². The van der Waals surface area contributed by atoms with Gasteiger partial charge in [-0.25, -0.2) is 4.79 Å². The van der Waals surface area contributed by atoms with Gasteiger partial charge in [0.05, 0.1) is 0 Å². The van der Waals surface area contributed by atoms with Crippen LogP contribution in [-0.2, 0) is 9.59 Å². The monoisotopic (exact) mass is 289 g/mol. The maximum atomic E-state index is 11.6. The van der Waals surface area contributed by atoms with E-state index in [0.29, 0.717) is 6.42 Å². The van der Waals surface area contributed by atoms with Crippen molar-refractivity contribution in [2.45, 2.75) is 18.9 Å². The van der Waals surface area contributed by atoms with Gasteiger partial charge in [0.2, 0.25) is 5.91 Å². The van der Waals surface area contributed by atoms with Gasteiger partial charge < -0.3 is 20.2 Å². The number of nitrogens with one attached hydrogen (secondary N) is 1. The summed E-state index contributed by atoms with van der Waals surface area (Å²) in [5.74, 6) is -1.14. The summed E-state index contributed by atoms with van der Waals surface area (Å²) in [6.45, 7) is 5.08. The molecule has 2 N–H and O–H groups in total. The van der Waals surface area contributed by atoms with Gasteiger partial charge in [0, 0.05) is 38.4 Å². The van der Waals surface area contributed by atoms with Crippen LogP contribution in [0, 0.1) is 0 Å². The number of piperazine rings is 1. The molecule has 1 aliphatic heterocycles. The minimum absolute atomic E-state index is 0.111. The van der Waals surface area contributed by atoms with Crippen LogP contribution >= 0.6 is 12.6 Å². The predicted octanol–water partition coefficient (Wildman–Crippen LogP) is -0.487. The summed E-state index contributed by atoms with van der Waals surface area (Å²) in [5, 5.41) is 11.3. The molecule has 0 aromatic carbocycles. The van der Waals surface area contributed by atoms with Gasteiger partial charge in [-0.3, -0.25) is 4.79 Å². The highest BCUT2D eigenvalue weighted by Gasteiger charge is 2.18. The summed E-state index contributed by atoms with van der Waals surface area (Å²) in [6, 6.07) is -0.889. The van der Waals surface area contributed by atoms with Crippen LogP contribution in [-0.4, -0.2) is 78.3 Å². The van der Waals surface area contributed by atoms with Gasteiger partial charge in [-0.15, -0.1) is 0 Å². The Morgan fingerprint density at radius 3 is 2.47 bits per heavy atom. The van der Waals surface area contributed by atoms with Crippen molar-refractivity contribution in [2.24, 2.45) is 0 Å². The van der Waals surface area contributed by atoms with Crippen LogP contribution in [0.15, 0.2) is 0 Å². The number of thiol groups is 1. The Bertz CT molecular complexity index is 307. The fourth-order valence-corrected chi connectivity index (χ4v) is 2.23. The zero-order valence-electron chi connectivity index (χ0n) is 11.3. The summed E-state index contributed by atoms with van der Waals surface area (Å²) in [4.78, 5) is 26.9. The second-order valence-corrected chi connectivity index (χ2v) is 5.25. The number of carboxylic acid groups (broad SMARTS) is 1. The number of carbonyl (C=O) groups is 2. The van der Waals surface area contributed by atoms with Gasteiger partial charge in [-0.05, 0) is 20.0 Å². The molecule has 0 saturated carbocycles. The molecule has 1 heterocycles. The Kier molecular flexibility index (Phi) is 7.19. The predicted molar refractivity (Wildman–Crippen MR) is 76.6 cm³/mol. The number of carboxylic acids is 1. The summed E-state index contributed by atoms with van der Waals surface area (Å²) in [7, 11) is 2.11. The number of likely N-dealkylation sites (N-methyl/N-ethyl adjacent to an activating group) is 1. The largest absolute Gasteiger partial charge is 0.480 e. The van der Waals surface area contributed by atoms with E-state index in [4.69, 9.17) is 5.11 Å². The zero-order valence-corrected chi connectivity index (χ0v) is 12.2. The lowest BCUT2D eigenvalue weighted by Gasteiger charge is -2.32. The molecule has 1 atom stereocenters. The summed E-state index contributed by atoms with van der Waals surface area (Å²) in [6.07, 6.45) is 1.12. The average molecular weight is 289 g/mol. The third-order valence-corrected chi connectivity index (χ3v) is 3.66. The molecule has 0 aromatic heterocycles. The van der Waals surface area contributed by atoms with Crippen molar-refractivity contribution in [1.29, 1.82) is 0 Å². The first-order chi connectivity index (χ1) is 9.02. The molecule has 1 saturated heterocycles. The third-order valence-electron chi connectivity index (χ3n) is 3.29. The van der Waals surface area contributed by atoms with Crippen molar-refractivity contribution >= 4 is 24.5 Å². The van der Waals surface area contributed by atoms with Crippen molar-refractivity contribution in [1.82, 2.24) is 15.1 Å². The zero-order chi connectivity index (χ0) is 14.3. The van der Waals surface area contributed by atoms with Crippen molar-refractivity contribution < 1.29 is 14.7 Å². The van der Waals surface area contributed by atoms with Crippen LogP contribution in [0.5, 0.6) is 0 Å². The molecule has 6 nitrogen and oxygen atoms in total. The van der Waals surface area contributed by atoms with E-state index in [2.05, 4.69) is 34.8 Å². The molecule has 1 aliphatic rings. The molecule has 0 radical (unpaired) electrons. The Hall–Kier alpha value is -0.790. The second-order valence-electron chi connectivity index (χ2n) is 4.89. The summed E-state index contributed by atoms with van der Waals surface area (Å²) < 4.78 is 0. The standard InChI is InChI=1S/C12H23N3O3S/c1-14-5-7-15(8-6-14)4-2-3-11(16)13-10(9-19)12(17)18/h10,19H,2-9H2,1H3,(H,13,16)(H,17,18)/t10-/m0/s1. The van der Waals surface area contributed by atoms with E-state index in [9.17, 15) is 9.59 Å². The van der Waals surface area contributed by atoms with Crippen LogP contribution in [0.1, 0.15) is 12.8 Å². The van der Waals surface area contributed by atoms with Gasteiger partial charge >= 0.3 is 5.97 Å². The van der Waals surface area contributed by atoms with Crippen molar-refractivity contribution in [3.63, 3.8) is 0 Å². The molecule has 0 bridgehead atoms. The number of carbonyl (C=O) groups excluding carboxylic acids is 1. The molecule has 0 aromatic rings. The molecule has 1 amide bonds. The Morgan fingerprint density at radius 1 is 1.32 bits per heavy atom. The Balaban J connectivity index is 2.15. The van der Waals surface area contributed by atoms with E-state index >= 15 is 0 Å². The van der Waals surface area contributed by atoms with Gasteiger partial charge in [-0.1, -0.05) is 0 Å². The molecule has 7 heteroatoms. The molecular weight excluding hydrogens is 266 g/mol.